The maximum Gasteiger partial charge on any atom is 0.239 e. The number of hydrogen-bond donors (Lipinski definition) is 0. The van der Waals surface area contributed by atoms with Crippen molar-refractivity contribution < 1.29 is 4.57 Å². The summed E-state index contributed by atoms with van der Waals surface area (Å²) in [5.41, 5.74) is 6.90. The number of anilines is 1. The quantitative estimate of drug-likeness (QED) is 0.233. The first-order valence-electron chi connectivity index (χ1n) is 9.14. The first kappa shape index (κ1) is 17.9. The van der Waals surface area contributed by atoms with Crippen molar-refractivity contribution >= 4 is 33.4 Å². The molecular formula is C22H23N6+. The summed E-state index contributed by atoms with van der Waals surface area (Å²) in [6.07, 6.45) is 0. The molecule has 0 aliphatic carbocycles. The minimum atomic E-state index is 0.788. The van der Waals surface area contributed by atoms with Gasteiger partial charge in [0.1, 0.15) is 11.0 Å². The van der Waals surface area contributed by atoms with Crippen LogP contribution in [0.5, 0.6) is 0 Å². The SMILES string of the molecule is CN(C)N=Nc1ccc2nc3ccc(N(C)C)cc3[n+](-c3ccccc3)c2c1. The molecule has 3 aromatic carbocycles. The van der Waals surface area contributed by atoms with Gasteiger partial charge in [0.25, 0.3) is 0 Å². The van der Waals surface area contributed by atoms with Gasteiger partial charge in [0.15, 0.2) is 0 Å². The molecule has 0 saturated heterocycles. The summed E-state index contributed by atoms with van der Waals surface area (Å²) in [7, 11) is 7.80. The fourth-order valence-corrected chi connectivity index (χ4v) is 3.17. The van der Waals surface area contributed by atoms with Crippen molar-refractivity contribution in [3.05, 3.63) is 66.7 Å². The maximum absolute atomic E-state index is 4.88. The predicted octanol–water partition coefficient (Wildman–Crippen LogP) is 4.29. The van der Waals surface area contributed by atoms with E-state index in [2.05, 4.69) is 50.1 Å². The van der Waals surface area contributed by atoms with Gasteiger partial charge in [-0.3, -0.25) is 5.01 Å². The van der Waals surface area contributed by atoms with Crippen LogP contribution in [0.2, 0.25) is 0 Å². The highest BCUT2D eigenvalue weighted by Gasteiger charge is 2.20. The molecule has 6 heteroatoms. The number of benzene rings is 3. The molecule has 1 aromatic heterocycles. The van der Waals surface area contributed by atoms with E-state index in [0.29, 0.717) is 0 Å². The summed E-state index contributed by atoms with van der Waals surface area (Å²) >= 11 is 0. The average Bonchev–Trinajstić information content (AvgIpc) is 2.70. The standard InChI is InChI=1S/C22H23N6/c1-26(2)18-11-13-20-22(15-18)28(17-8-6-5-7-9-17)21-14-16(24-25-27(3)4)10-12-19(21)23-20/h5-15H,1-4H3/q+1. The number of para-hydroxylation sites is 1. The van der Waals surface area contributed by atoms with E-state index in [4.69, 9.17) is 4.98 Å². The Morgan fingerprint density at radius 1 is 0.786 bits per heavy atom. The highest BCUT2D eigenvalue weighted by molar-refractivity contribution is 5.85. The van der Waals surface area contributed by atoms with Gasteiger partial charge in [-0.15, -0.1) is 9.68 Å². The molecule has 0 saturated carbocycles. The third kappa shape index (κ3) is 3.36. The van der Waals surface area contributed by atoms with E-state index >= 15 is 0 Å². The largest absolute Gasteiger partial charge is 0.377 e. The average molecular weight is 371 g/mol. The number of hydrogen-bond acceptors (Lipinski definition) is 4. The highest BCUT2D eigenvalue weighted by atomic mass is 15.5. The van der Waals surface area contributed by atoms with Crippen molar-refractivity contribution in [2.75, 3.05) is 33.1 Å². The second kappa shape index (κ2) is 7.23. The summed E-state index contributed by atoms with van der Waals surface area (Å²) in [6.45, 7) is 0. The second-order valence-corrected chi connectivity index (χ2v) is 7.06. The Kier molecular flexibility index (Phi) is 4.61. The molecule has 0 fully saturated rings. The Labute approximate surface area is 164 Å². The lowest BCUT2D eigenvalue weighted by molar-refractivity contribution is -0.538. The van der Waals surface area contributed by atoms with Gasteiger partial charge in [-0.25, -0.2) is 4.98 Å². The van der Waals surface area contributed by atoms with E-state index in [9.17, 15) is 0 Å². The van der Waals surface area contributed by atoms with Crippen LogP contribution in [-0.2, 0) is 0 Å². The van der Waals surface area contributed by atoms with Crippen LogP contribution in [-0.4, -0.2) is 38.2 Å². The van der Waals surface area contributed by atoms with Crippen LogP contribution in [0.25, 0.3) is 27.8 Å². The van der Waals surface area contributed by atoms with E-state index in [1.54, 1.807) is 5.01 Å². The van der Waals surface area contributed by atoms with Crippen LogP contribution in [0.1, 0.15) is 0 Å². The highest BCUT2D eigenvalue weighted by Crippen LogP contribution is 2.24. The molecule has 0 radical (unpaired) electrons. The second-order valence-electron chi connectivity index (χ2n) is 7.06. The van der Waals surface area contributed by atoms with Crippen LogP contribution in [0.4, 0.5) is 11.4 Å². The molecule has 140 valence electrons. The third-order valence-electron chi connectivity index (χ3n) is 4.51. The number of fused-ring (bicyclic) bond motifs is 2. The minimum Gasteiger partial charge on any atom is -0.377 e. The summed E-state index contributed by atoms with van der Waals surface area (Å²) in [5.74, 6) is 0. The van der Waals surface area contributed by atoms with E-state index in [-0.39, 0.29) is 0 Å². The monoisotopic (exact) mass is 371 g/mol. The third-order valence-corrected chi connectivity index (χ3v) is 4.51. The van der Waals surface area contributed by atoms with Crippen molar-refractivity contribution in [3.63, 3.8) is 0 Å². The maximum atomic E-state index is 4.88. The smallest absolute Gasteiger partial charge is 0.239 e. The molecule has 0 N–H and O–H groups in total. The Morgan fingerprint density at radius 3 is 2.14 bits per heavy atom. The first-order valence-corrected chi connectivity index (χ1v) is 9.14. The number of aromatic nitrogens is 2. The summed E-state index contributed by atoms with van der Waals surface area (Å²) in [6, 6.07) is 22.6. The molecule has 4 aromatic rings. The van der Waals surface area contributed by atoms with E-state index in [1.807, 2.05) is 64.6 Å². The summed E-state index contributed by atoms with van der Waals surface area (Å²) < 4.78 is 2.24. The van der Waals surface area contributed by atoms with Crippen molar-refractivity contribution in [2.45, 2.75) is 0 Å². The molecule has 0 atom stereocenters. The molecule has 0 unspecified atom stereocenters. The van der Waals surface area contributed by atoms with Gasteiger partial charge in [-0.2, -0.15) is 0 Å². The number of rotatable bonds is 4. The van der Waals surface area contributed by atoms with Crippen LogP contribution < -0.4 is 9.47 Å². The van der Waals surface area contributed by atoms with Crippen molar-refractivity contribution in [1.82, 2.24) is 9.99 Å². The molecule has 0 spiro atoms. The molecule has 6 nitrogen and oxygen atoms in total. The van der Waals surface area contributed by atoms with Crippen molar-refractivity contribution in [3.8, 4) is 5.69 Å². The lowest BCUT2D eigenvalue weighted by atomic mass is 10.2. The minimum absolute atomic E-state index is 0.788. The molecule has 4 rings (SSSR count). The van der Waals surface area contributed by atoms with Crippen molar-refractivity contribution in [1.29, 1.82) is 0 Å². The number of nitrogens with zero attached hydrogens (tertiary/aromatic N) is 6. The Bertz CT molecular complexity index is 1170. The van der Waals surface area contributed by atoms with Gasteiger partial charge < -0.3 is 4.90 Å². The fourth-order valence-electron chi connectivity index (χ4n) is 3.17. The molecule has 28 heavy (non-hydrogen) atoms. The Balaban J connectivity index is 2.07. The van der Waals surface area contributed by atoms with E-state index < -0.39 is 0 Å². The van der Waals surface area contributed by atoms with Gasteiger partial charge in [0.2, 0.25) is 16.7 Å². The molecule has 0 aliphatic heterocycles. The van der Waals surface area contributed by atoms with Crippen LogP contribution >= 0.6 is 0 Å². The first-order chi connectivity index (χ1) is 13.5. The normalized spacial score (nSPS) is 11.4. The Morgan fingerprint density at radius 2 is 1.46 bits per heavy atom. The van der Waals surface area contributed by atoms with Crippen LogP contribution in [0.3, 0.4) is 0 Å². The summed E-state index contributed by atoms with van der Waals surface area (Å²) in [5, 5.41) is 10.1. The zero-order valence-electron chi connectivity index (χ0n) is 16.5. The van der Waals surface area contributed by atoms with Gasteiger partial charge in [-0.05, 0) is 24.3 Å². The van der Waals surface area contributed by atoms with Crippen molar-refractivity contribution in [2.24, 2.45) is 10.3 Å². The van der Waals surface area contributed by atoms with Crippen LogP contribution in [0.15, 0.2) is 77.1 Å². The molecule has 1 heterocycles. The van der Waals surface area contributed by atoms with Gasteiger partial charge in [0, 0.05) is 58.1 Å². The predicted molar refractivity (Wildman–Crippen MR) is 113 cm³/mol. The van der Waals surface area contributed by atoms with Crippen LogP contribution in [0, 0.1) is 0 Å². The van der Waals surface area contributed by atoms with E-state index in [1.165, 1.54) is 0 Å². The van der Waals surface area contributed by atoms with Gasteiger partial charge in [-0.1, -0.05) is 23.4 Å². The fraction of sp³-hybridized carbons (Fsp3) is 0.182. The molecular weight excluding hydrogens is 348 g/mol. The Hall–Kier alpha value is -3.54. The lowest BCUT2D eigenvalue weighted by Gasteiger charge is -2.13. The molecule has 0 aliphatic rings. The van der Waals surface area contributed by atoms with Gasteiger partial charge >= 0.3 is 0 Å². The zero-order valence-corrected chi connectivity index (χ0v) is 16.5. The van der Waals surface area contributed by atoms with E-state index in [0.717, 1.165) is 39.1 Å². The zero-order chi connectivity index (χ0) is 19.7. The molecule has 0 amide bonds. The summed E-state index contributed by atoms with van der Waals surface area (Å²) in [4.78, 5) is 6.98. The lowest BCUT2D eigenvalue weighted by Crippen LogP contribution is -2.33. The van der Waals surface area contributed by atoms with Gasteiger partial charge in [0.05, 0.1) is 5.69 Å². The topological polar surface area (TPSA) is 48.0 Å². The molecule has 0 bridgehead atoms.